The molecular formula is C15H22ClN5. The molecule has 2 fully saturated rings. The third-order valence-electron chi connectivity index (χ3n) is 5.18. The van der Waals surface area contributed by atoms with Crippen LogP contribution >= 0.6 is 11.6 Å². The van der Waals surface area contributed by atoms with Crippen molar-refractivity contribution < 1.29 is 0 Å². The predicted octanol–water partition coefficient (Wildman–Crippen LogP) is 2.62. The van der Waals surface area contributed by atoms with Gasteiger partial charge in [-0.05, 0) is 32.7 Å². The van der Waals surface area contributed by atoms with E-state index in [0.717, 1.165) is 22.7 Å². The topological polar surface area (TPSA) is 38.9 Å². The molecule has 2 aliphatic rings. The number of piperidine rings is 1. The van der Waals surface area contributed by atoms with Crippen molar-refractivity contribution in [2.75, 3.05) is 13.1 Å². The minimum atomic E-state index is 0.470. The lowest BCUT2D eigenvalue weighted by molar-refractivity contribution is 0.173. The molecule has 0 N–H and O–H groups in total. The highest BCUT2D eigenvalue weighted by Gasteiger charge is 2.38. The van der Waals surface area contributed by atoms with Crippen LogP contribution in [0.15, 0.2) is 0 Å². The summed E-state index contributed by atoms with van der Waals surface area (Å²) in [7, 11) is 2.01. The van der Waals surface area contributed by atoms with Crippen molar-refractivity contribution in [2.45, 2.75) is 50.6 Å². The molecule has 0 amide bonds. The van der Waals surface area contributed by atoms with Gasteiger partial charge in [-0.2, -0.15) is 5.10 Å². The zero-order chi connectivity index (χ0) is 14.6. The highest BCUT2D eigenvalue weighted by Crippen LogP contribution is 2.38. The number of imidazole rings is 1. The summed E-state index contributed by atoms with van der Waals surface area (Å²) in [6.07, 6.45) is 5.18. The number of fused-ring (bicyclic) bond motifs is 2. The van der Waals surface area contributed by atoms with Crippen molar-refractivity contribution in [3.05, 3.63) is 11.5 Å². The van der Waals surface area contributed by atoms with Gasteiger partial charge in [0, 0.05) is 19.6 Å². The first-order chi connectivity index (χ1) is 10.2. The van der Waals surface area contributed by atoms with Crippen LogP contribution in [-0.4, -0.2) is 43.4 Å². The minimum Gasteiger partial charge on any atom is -0.307 e. The predicted molar refractivity (Wildman–Crippen MR) is 83.7 cm³/mol. The van der Waals surface area contributed by atoms with Crippen molar-refractivity contribution in [3.8, 4) is 0 Å². The normalized spacial score (nSPS) is 26.6. The largest absolute Gasteiger partial charge is 0.307 e. The molecule has 2 saturated heterocycles. The maximum absolute atomic E-state index is 6.19. The summed E-state index contributed by atoms with van der Waals surface area (Å²) < 4.78 is 4.36. The highest BCUT2D eigenvalue weighted by atomic mass is 35.5. The standard InChI is InChI=1S/C15H22ClN5/c1-10-14-15(19(2)18-10)21(13(9-16)17-14)12-6-8-20-7-4-3-5-11(12)20/h11-12H,3-9H2,1-2H3. The molecule has 0 radical (unpaired) electrons. The second-order valence-corrected chi connectivity index (χ2v) is 6.64. The lowest BCUT2D eigenvalue weighted by Crippen LogP contribution is -2.38. The number of aryl methyl sites for hydroxylation is 2. The number of hydrogen-bond acceptors (Lipinski definition) is 3. The number of alkyl halides is 1. The van der Waals surface area contributed by atoms with Crippen LogP contribution in [0.1, 0.15) is 43.2 Å². The molecule has 2 unspecified atom stereocenters. The van der Waals surface area contributed by atoms with E-state index in [-0.39, 0.29) is 0 Å². The molecule has 2 aromatic heterocycles. The van der Waals surface area contributed by atoms with Crippen LogP contribution in [0, 0.1) is 6.92 Å². The minimum absolute atomic E-state index is 0.470. The van der Waals surface area contributed by atoms with Crippen LogP contribution in [0.4, 0.5) is 0 Å². The average molecular weight is 308 g/mol. The molecule has 114 valence electrons. The molecule has 0 spiro atoms. The fraction of sp³-hybridized carbons (Fsp3) is 0.733. The molecule has 0 aliphatic carbocycles. The fourth-order valence-electron chi connectivity index (χ4n) is 4.31. The van der Waals surface area contributed by atoms with Crippen molar-refractivity contribution in [1.29, 1.82) is 0 Å². The summed E-state index contributed by atoms with van der Waals surface area (Å²) in [6.45, 7) is 4.48. The SMILES string of the molecule is Cc1nn(C)c2c1nc(CCl)n2C1CCN2CCCCC12. The smallest absolute Gasteiger partial charge is 0.159 e. The number of nitrogens with zero attached hydrogens (tertiary/aromatic N) is 5. The third kappa shape index (κ3) is 1.94. The van der Waals surface area contributed by atoms with E-state index < -0.39 is 0 Å². The molecule has 4 rings (SSSR count). The summed E-state index contributed by atoms with van der Waals surface area (Å²) >= 11 is 6.19. The Hall–Kier alpha value is -1.07. The molecule has 5 nitrogen and oxygen atoms in total. The molecule has 2 atom stereocenters. The van der Waals surface area contributed by atoms with Crippen LogP contribution < -0.4 is 0 Å². The molecule has 21 heavy (non-hydrogen) atoms. The summed E-state index contributed by atoms with van der Waals surface area (Å²) in [4.78, 5) is 7.42. The molecule has 4 heterocycles. The van der Waals surface area contributed by atoms with Crippen molar-refractivity contribution in [2.24, 2.45) is 7.05 Å². The number of hydrogen-bond donors (Lipinski definition) is 0. The maximum atomic E-state index is 6.19. The van der Waals surface area contributed by atoms with Gasteiger partial charge in [-0.3, -0.25) is 9.58 Å². The van der Waals surface area contributed by atoms with Gasteiger partial charge in [0.25, 0.3) is 0 Å². The average Bonchev–Trinajstić information content (AvgIpc) is 3.13. The Morgan fingerprint density at radius 1 is 1.19 bits per heavy atom. The number of halogens is 1. The number of aromatic nitrogens is 4. The van der Waals surface area contributed by atoms with Gasteiger partial charge in [0.15, 0.2) is 5.65 Å². The van der Waals surface area contributed by atoms with Gasteiger partial charge in [0.05, 0.1) is 17.6 Å². The molecule has 0 bridgehead atoms. The first kappa shape index (κ1) is 13.6. The van der Waals surface area contributed by atoms with Gasteiger partial charge >= 0.3 is 0 Å². The Balaban J connectivity index is 1.85. The van der Waals surface area contributed by atoms with Gasteiger partial charge in [0.1, 0.15) is 11.3 Å². The van der Waals surface area contributed by atoms with Crippen molar-refractivity contribution in [1.82, 2.24) is 24.2 Å². The second-order valence-electron chi connectivity index (χ2n) is 6.37. The Bertz CT molecular complexity index is 673. The zero-order valence-electron chi connectivity index (χ0n) is 12.7. The Labute approximate surface area is 129 Å². The lowest BCUT2D eigenvalue weighted by atomic mass is 9.99. The molecule has 2 aromatic rings. The fourth-order valence-corrected chi connectivity index (χ4v) is 4.49. The van der Waals surface area contributed by atoms with Crippen LogP contribution in [0.25, 0.3) is 11.2 Å². The first-order valence-corrected chi connectivity index (χ1v) is 8.44. The van der Waals surface area contributed by atoms with Gasteiger partial charge in [0.2, 0.25) is 0 Å². The van der Waals surface area contributed by atoms with E-state index in [1.165, 1.54) is 38.8 Å². The Morgan fingerprint density at radius 3 is 2.86 bits per heavy atom. The van der Waals surface area contributed by atoms with E-state index in [1.807, 2.05) is 18.7 Å². The zero-order valence-corrected chi connectivity index (χ0v) is 13.5. The number of rotatable bonds is 2. The van der Waals surface area contributed by atoms with Crippen LogP contribution in [0.2, 0.25) is 0 Å². The summed E-state index contributed by atoms with van der Waals surface area (Å²) in [5.74, 6) is 1.47. The van der Waals surface area contributed by atoms with E-state index in [2.05, 4.69) is 14.6 Å². The molecule has 0 aromatic carbocycles. The van der Waals surface area contributed by atoms with E-state index >= 15 is 0 Å². The van der Waals surface area contributed by atoms with E-state index in [0.29, 0.717) is 18.0 Å². The molecular weight excluding hydrogens is 286 g/mol. The van der Waals surface area contributed by atoms with Crippen molar-refractivity contribution in [3.63, 3.8) is 0 Å². The Morgan fingerprint density at radius 2 is 2.05 bits per heavy atom. The summed E-state index contributed by atoms with van der Waals surface area (Å²) in [6, 6.07) is 1.15. The van der Waals surface area contributed by atoms with E-state index in [1.54, 1.807) is 0 Å². The van der Waals surface area contributed by atoms with Crippen LogP contribution in [-0.2, 0) is 12.9 Å². The molecule has 0 saturated carbocycles. The van der Waals surface area contributed by atoms with Gasteiger partial charge in [-0.1, -0.05) is 6.42 Å². The Kier molecular flexibility index (Phi) is 3.23. The summed E-state index contributed by atoms with van der Waals surface area (Å²) in [5.41, 5.74) is 3.15. The monoisotopic (exact) mass is 307 g/mol. The van der Waals surface area contributed by atoms with E-state index in [9.17, 15) is 0 Å². The van der Waals surface area contributed by atoms with Crippen LogP contribution in [0.3, 0.4) is 0 Å². The van der Waals surface area contributed by atoms with E-state index in [4.69, 9.17) is 16.6 Å². The molecule has 2 aliphatic heterocycles. The van der Waals surface area contributed by atoms with Gasteiger partial charge < -0.3 is 4.57 Å². The second kappa shape index (κ2) is 4.99. The van der Waals surface area contributed by atoms with Crippen LogP contribution in [0.5, 0.6) is 0 Å². The lowest BCUT2D eigenvalue weighted by Gasteiger charge is -2.33. The van der Waals surface area contributed by atoms with Gasteiger partial charge in [-0.15, -0.1) is 11.6 Å². The summed E-state index contributed by atoms with van der Waals surface area (Å²) in [5, 5.41) is 4.54. The molecule has 6 heteroatoms. The highest BCUT2D eigenvalue weighted by molar-refractivity contribution is 6.16. The quantitative estimate of drug-likeness (QED) is 0.801. The van der Waals surface area contributed by atoms with Crippen molar-refractivity contribution >= 4 is 22.8 Å². The first-order valence-electron chi connectivity index (χ1n) is 7.91. The van der Waals surface area contributed by atoms with Gasteiger partial charge in [-0.25, -0.2) is 4.98 Å². The third-order valence-corrected chi connectivity index (χ3v) is 5.42. The maximum Gasteiger partial charge on any atom is 0.159 e.